The molecule has 3 aromatic carbocycles. The van der Waals surface area contributed by atoms with E-state index in [2.05, 4.69) is 4.90 Å². The van der Waals surface area contributed by atoms with Crippen molar-refractivity contribution < 1.29 is 18.7 Å². The SMILES string of the molecule is CN(C(=O)CCN1CCC(C(O)(c2ccc(F)cc2)c2ccc(F)cc2)CC1)c1ccccc1. The maximum atomic E-state index is 13.6. The summed E-state index contributed by atoms with van der Waals surface area (Å²) in [5.74, 6) is -0.805. The van der Waals surface area contributed by atoms with Crippen LogP contribution in [0.2, 0.25) is 0 Å². The van der Waals surface area contributed by atoms with Crippen molar-refractivity contribution in [3.8, 4) is 0 Å². The Kier molecular flexibility index (Phi) is 7.39. The number of benzene rings is 3. The Labute approximate surface area is 199 Å². The van der Waals surface area contributed by atoms with Gasteiger partial charge < -0.3 is 14.9 Å². The molecule has 178 valence electrons. The summed E-state index contributed by atoms with van der Waals surface area (Å²) >= 11 is 0. The Morgan fingerprint density at radius 2 is 1.41 bits per heavy atom. The summed E-state index contributed by atoms with van der Waals surface area (Å²) in [5.41, 5.74) is 0.712. The monoisotopic (exact) mass is 464 g/mol. The molecule has 1 heterocycles. The van der Waals surface area contributed by atoms with Crippen LogP contribution in [-0.2, 0) is 10.4 Å². The van der Waals surface area contributed by atoms with Crippen LogP contribution in [0.15, 0.2) is 78.9 Å². The third kappa shape index (κ3) is 5.18. The van der Waals surface area contributed by atoms with Crippen LogP contribution >= 0.6 is 0 Å². The molecule has 1 amide bonds. The standard InChI is InChI=1S/C28H30F2N2O2/c1-31(26-5-3-2-4-6-26)27(33)17-20-32-18-15-23(16-19-32)28(34,21-7-11-24(29)12-8-21)22-9-13-25(30)14-10-22/h2-14,23,34H,15-20H2,1H3. The van der Waals surface area contributed by atoms with Gasteiger partial charge in [0.15, 0.2) is 0 Å². The molecule has 0 spiro atoms. The van der Waals surface area contributed by atoms with Crippen LogP contribution in [0.25, 0.3) is 0 Å². The number of hydrogen-bond acceptors (Lipinski definition) is 3. The normalized spacial score (nSPS) is 15.3. The molecule has 34 heavy (non-hydrogen) atoms. The summed E-state index contributed by atoms with van der Waals surface area (Å²) < 4.78 is 27.1. The highest BCUT2D eigenvalue weighted by atomic mass is 19.1. The Morgan fingerprint density at radius 3 is 1.91 bits per heavy atom. The number of anilines is 1. The number of piperidine rings is 1. The third-order valence-corrected chi connectivity index (χ3v) is 6.91. The predicted molar refractivity (Wildman–Crippen MR) is 129 cm³/mol. The second-order valence-corrected chi connectivity index (χ2v) is 8.93. The van der Waals surface area contributed by atoms with Crippen LogP contribution in [0, 0.1) is 17.6 Å². The van der Waals surface area contributed by atoms with Crippen LogP contribution in [0.1, 0.15) is 30.4 Å². The van der Waals surface area contributed by atoms with Crippen LogP contribution in [0.5, 0.6) is 0 Å². The molecule has 0 aromatic heterocycles. The lowest BCUT2D eigenvalue weighted by Crippen LogP contribution is -2.45. The number of rotatable bonds is 7. The van der Waals surface area contributed by atoms with E-state index >= 15 is 0 Å². The van der Waals surface area contributed by atoms with Crippen molar-refractivity contribution in [2.24, 2.45) is 5.92 Å². The largest absolute Gasteiger partial charge is 0.380 e. The summed E-state index contributed by atoms with van der Waals surface area (Å²) in [6, 6.07) is 21.3. The van der Waals surface area contributed by atoms with Crippen molar-refractivity contribution in [2.75, 3.05) is 31.6 Å². The van der Waals surface area contributed by atoms with Gasteiger partial charge >= 0.3 is 0 Å². The molecule has 1 fully saturated rings. The quantitative estimate of drug-likeness (QED) is 0.537. The van der Waals surface area contributed by atoms with E-state index in [1.807, 2.05) is 30.3 Å². The molecule has 6 heteroatoms. The summed E-state index contributed by atoms with van der Waals surface area (Å²) in [6.07, 6.45) is 1.82. The number of hydrogen-bond donors (Lipinski definition) is 1. The number of aliphatic hydroxyl groups is 1. The zero-order valence-electron chi connectivity index (χ0n) is 19.3. The fourth-order valence-corrected chi connectivity index (χ4v) is 4.84. The van der Waals surface area contributed by atoms with Gasteiger partial charge in [-0.1, -0.05) is 42.5 Å². The van der Waals surface area contributed by atoms with Crippen molar-refractivity contribution in [1.82, 2.24) is 4.90 Å². The number of likely N-dealkylation sites (tertiary alicyclic amines) is 1. The molecule has 0 saturated carbocycles. The van der Waals surface area contributed by atoms with Gasteiger partial charge in [-0.05, 0) is 79.4 Å². The van der Waals surface area contributed by atoms with Crippen LogP contribution < -0.4 is 4.90 Å². The molecule has 0 radical (unpaired) electrons. The maximum absolute atomic E-state index is 13.6. The summed E-state index contributed by atoms with van der Waals surface area (Å²) in [7, 11) is 1.79. The number of amides is 1. The lowest BCUT2D eigenvalue weighted by molar-refractivity contribution is -0.118. The lowest BCUT2D eigenvalue weighted by atomic mass is 9.72. The van der Waals surface area contributed by atoms with E-state index in [0.29, 0.717) is 36.9 Å². The molecular weight excluding hydrogens is 434 g/mol. The molecule has 0 aliphatic carbocycles. The lowest BCUT2D eigenvalue weighted by Gasteiger charge is -2.42. The Balaban J connectivity index is 1.42. The number of carbonyl (C=O) groups excluding carboxylic acids is 1. The fourth-order valence-electron chi connectivity index (χ4n) is 4.84. The van der Waals surface area contributed by atoms with Gasteiger partial charge in [0.25, 0.3) is 0 Å². The molecule has 3 aromatic rings. The van der Waals surface area contributed by atoms with Crippen molar-refractivity contribution in [1.29, 1.82) is 0 Å². The van der Waals surface area contributed by atoms with Crippen molar-refractivity contribution in [3.63, 3.8) is 0 Å². The van der Waals surface area contributed by atoms with E-state index in [0.717, 1.165) is 18.8 Å². The topological polar surface area (TPSA) is 43.8 Å². The van der Waals surface area contributed by atoms with E-state index in [1.54, 1.807) is 36.2 Å². The second-order valence-electron chi connectivity index (χ2n) is 8.93. The van der Waals surface area contributed by atoms with Gasteiger partial charge in [0, 0.05) is 25.7 Å². The van der Waals surface area contributed by atoms with Gasteiger partial charge in [0.1, 0.15) is 17.2 Å². The second kappa shape index (κ2) is 10.5. The number of para-hydroxylation sites is 1. The molecule has 4 nitrogen and oxygen atoms in total. The van der Waals surface area contributed by atoms with E-state index in [1.165, 1.54) is 24.3 Å². The first-order valence-corrected chi connectivity index (χ1v) is 11.7. The zero-order chi connectivity index (χ0) is 24.1. The van der Waals surface area contributed by atoms with Crippen molar-refractivity contribution in [2.45, 2.75) is 24.9 Å². The fraction of sp³-hybridized carbons (Fsp3) is 0.321. The number of halogens is 2. The number of nitrogens with zero attached hydrogens (tertiary/aromatic N) is 2. The first kappa shape index (κ1) is 24.0. The summed E-state index contributed by atoms with van der Waals surface area (Å²) in [5, 5.41) is 11.9. The highest BCUT2D eigenvalue weighted by Gasteiger charge is 2.41. The Bertz CT molecular complexity index is 1030. The Morgan fingerprint density at radius 1 is 0.912 bits per heavy atom. The van der Waals surface area contributed by atoms with Crippen LogP contribution in [-0.4, -0.2) is 42.6 Å². The van der Waals surface area contributed by atoms with E-state index in [4.69, 9.17) is 0 Å². The van der Waals surface area contributed by atoms with E-state index in [9.17, 15) is 18.7 Å². The van der Waals surface area contributed by atoms with Gasteiger partial charge in [-0.25, -0.2) is 8.78 Å². The molecule has 0 atom stereocenters. The van der Waals surface area contributed by atoms with Crippen molar-refractivity contribution in [3.05, 3.63) is 102 Å². The Hall–Kier alpha value is -3.09. The molecule has 1 aliphatic rings. The van der Waals surface area contributed by atoms with Gasteiger partial charge in [0.05, 0.1) is 0 Å². The molecule has 1 aliphatic heterocycles. The maximum Gasteiger partial charge on any atom is 0.228 e. The molecular formula is C28H30F2N2O2. The zero-order valence-corrected chi connectivity index (χ0v) is 19.3. The first-order valence-electron chi connectivity index (χ1n) is 11.7. The molecule has 0 bridgehead atoms. The van der Waals surface area contributed by atoms with Crippen LogP contribution in [0.4, 0.5) is 14.5 Å². The smallest absolute Gasteiger partial charge is 0.228 e. The predicted octanol–water partition coefficient (Wildman–Crippen LogP) is 4.97. The van der Waals surface area contributed by atoms with Crippen molar-refractivity contribution >= 4 is 11.6 Å². The molecule has 4 rings (SSSR count). The highest BCUT2D eigenvalue weighted by Crippen LogP contribution is 2.42. The molecule has 0 unspecified atom stereocenters. The minimum atomic E-state index is -1.35. The number of carbonyl (C=O) groups is 1. The van der Waals surface area contributed by atoms with E-state index < -0.39 is 5.60 Å². The average Bonchev–Trinajstić information content (AvgIpc) is 2.88. The molecule has 1 saturated heterocycles. The minimum Gasteiger partial charge on any atom is -0.380 e. The van der Waals surface area contributed by atoms with Gasteiger partial charge in [-0.2, -0.15) is 0 Å². The van der Waals surface area contributed by atoms with Crippen LogP contribution in [0.3, 0.4) is 0 Å². The van der Waals surface area contributed by atoms with Gasteiger partial charge in [-0.15, -0.1) is 0 Å². The summed E-state index contributed by atoms with van der Waals surface area (Å²) in [4.78, 5) is 16.5. The van der Waals surface area contributed by atoms with Gasteiger partial charge in [-0.3, -0.25) is 4.79 Å². The van der Waals surface area contributed by atoms with E-state index in [-0.39, 0.29) is 23.5 Å². The minimum absolute atomic E-state index is 0.0578. The third-order valence-electron chi connectivity index (χ3n) is 6.91. The highest BCUT2D eigenvalue weighted by molar-refractivity contribution is 5.92. The van der Waals surface area contributed by atoms with Gasteiger partial charge in [0.2, 0.25) is 5.91 Å². The average molecular weight is 465 g/mol. The summed E-state index contributed by atoms with van der Waals surface area (Å²) in [6.45, 7) is 2.11. The first-order chi connectivity index (χ1) is 16.4. The molecule has 1 N–H and O–H groups in total.